The summed E-state index contributed by atoms with van der Waals surface area (Å²) in [7, 11) is 0. The first-order valence-corrected chi connectivity index (χ1v) is 7.58. The topological polar surface area (TPSA) is 79.2 Å². The quantitative estimate of drug-likeness (QED) is 0.847. The zero-order valence-corrected chi connectivity index (χ0v) is 14.6. The number of nitriles is 1. The van der Waals surface area contributed by atoms with Crippen LogP contribution in [0, 0.1) is 38.0 Å². The van der Waals surface area contributed by atoms with E-state index in [1.54, 1.807) is 6.92 Å². The number of hydrogen-bond donors (Lipinski definition) is 1. The number of esters is 1. The van der Waals surface area contributed by atoms with Gasteiger partial charge in [-0.3, -0.25) is 4.79 Å². The van der Waals surface area contributed by atoms with E-state index in [0.29, 0.717) is 5.56 Å². The number of rotatable bonds is 5. The highest BCUT2D eigenvalue weighted by Crippen LogP contribution is 2.18. The van der Waals surface area contributed by atoms with Gasteiger partial charge in [0.2, 0.25) is 0 Å². The second-order valence-corrected chi connectivity index (χ2v) is 6.37. The number of carbonyl (C=O) groups excluding carboxylic acids is 2. The van der Waals surface area contributed by atoms with Gasteiger partial charge in [-0.25, -0.2) is 4.79 Å². The molecule has 1 rings (SSSR count). The Kier molecular flexibility index (Phi) is 5.91. The van der Waals surface area contributed by atoms with Gasteiger partial charge in [-0.05, 0) is 44.7 Å². The standard InChI is InChI=1S/C18H24N2O3/c1-11(2)18(6,10-19)20-15(21)9-23-17(22)16-13(4)7-12(3)8-14(16)5/h7-8,11H,9H2,1-6H3,(H,20,21)/t18-/m1/s1. The zero-order valence-electron chi connectivity index (χ0n) is 14.6. The van der Waals surface area contributed by atoms with Crippen molar-refractivity contribution in [3.05, 3.63) is 34.4 Å². The molecule has 1 amide bonds. The third kappa shape index (κ3) is 4.56. The molecule has 5 nitrogen and oxygen atoms in total. The van der Waals surface area contributed by atoms with Gasteiger partial charge in [0.15, 0.2) is 6.61 Å². The molecule has 124 valence electrons. The second-order valence-electron chi connectivity index (χ2n) is 6.37. The number of nitrogens with zero attached hydrogens (tertiary/aromatic N) is 1. The van der Waals surface area contributed by atoms with Gasteiger partial charge in [0.1, 0.15) is 5.54 Å². The van der Waals surface area contributed by atoms with Gasteiger partial charge >= 0.3 is 5.97 Å². The van der Waals surface area contributed by atoms with Gasteiger partial charge in [0, 0.05) is 0 Å². The fourth-order valence-corrected chi connectivity index (χ4v) is 2.33. The first-order valence-electron chi connectivity index (χ1n) is 7.58. The van der Waals surface area contributed by atoms with Crippen LogP contribution in [0.5, 0.6) is 0 Å². The molecular formula is C18H24N2O3. The number of nitrogens with one attached hydrogen (secondary N) is 1. The lowest BCUT2D eigenvalue weighted by molar-refractivity contribution is -0.125. The van der Waals surface area contributed by atoms with E-state index in [4.69, 9.17) is 4.74 Å². The average molecular weight is 316 g/mol. The van der Waals surface area contributed by atoms with Crippen LogP contribution >= 0.6 is 0 Å². The highest BCUT2D eigenvalue weighted by molar-refractivity contribution is 5.94. The van der Waals surface area contributed by atoms with Crippen molar-refractivity contribution >= 4 is 11.9 Å². The van der Waals surface area contributed by atoms with Crippen LogP contribution in [-0.2, 0) is 9.53 Å². The van der Waals surface area contributed by atoms with Crippen molar-refractivity contribution in [2.45, 2.75) is 47.1 Å². The Labute approximate surface area is 137 Å². The summed E-state index contributed by atoms with van der Waals surface area (Å²) in [5.74, 6) is -1.08. The van der Waals surface area contributed by atoms with E-state index in [-0.39, 0.29) is 5.92 Å². The SMILES string of the molecule is Cc1cc(C)c(C(=O)OCC(=O)N[C@](C)(C#N)C(C)C)c(C)c1. The van der Waals surface area contributed by atoms with Crippen LogP contribution in [0.3, 0.4) is 0 Å². The van der Waals surface area contributed by atoms with E-state index >= 15 is 0 Å². The third-order valence-electron chi connectivity index (χ3n) is 4.00. The lowest BCUT2D eigenvalue weighted by Crippen LogP contribution is -2.50. The Hall–Kier alpha value is -2.35. The Morgan fingerprint density at radius 1 is 1.26 bits per heavy atom. The second kappa shape index (κ2) is 7.28. The highest BCUT2D eigenvalue weighted by Gasteiger charge is 2.30. The minimum absolute atomic E-state index is 0.0614. The smallest absolute Gasteiger partial charge is 0.339 e. The van der Waals surface area contributed by atoms with Crippen molar-refractivity contribution in [1.82, 2.24) is 5.32 Å². The van der Waals surface area contributed by atoms with Crippen LogP contribution in [-0.4, -0.2) is 24.0 Å². The molecule has 1 aromatic rings. The van der Waals surface area contributed by atoms with Gasteiger partial charge < -0.3 is 10.1 Å². The summed E-state index contributed by atoms with van der Waals surface area (Å²) in [6, 6.07) is 5.88. The third-order valence-corrected chi connectivity index (χ3v) is 4.00. The first kappa shape index (κ1) is 18.7. The van der Waals surface area contributed by atoms with Gasteiger partial charge in [-0.1, -0.05) is 31.5 Å². The number of amides is 1. The molecule has 0 saturated carbocycles. The summed E-state index contributed by atoms with van der Waals surface area (Å²) < 4.78 is 5.10. The molecule has 0 aromatic heterocycles. The van der Waals surface area contributed by atoms with Gasteiger partial charge in [-0.15, -0.1) is 0 Å². The minimum Gasteiger partial charge on any atom is -0.452 e. The summed E-state index contributed by atoms with van der Waals surface area (Å²) in [5, 5.41) is 11.8. The summed E-state index contributed by atoms with van der Waals surface area (Å²) in [6.45, 7) is 10.5. The summed E-state index contributed by atoms with van der Waals surface area (Å²) >= 11 is 0. The van der Waals surface area contributed by atoms with Crippen LogP contribution in [0.1, 0.15) is 47.8 Å². The fourth-order valence-electron chi connectivity index (χ4n) is 2.33. The van der Waals surface area contributed by atoms with Crippen LogP contribution in [0.15, 0.2) is 12.1 Å². The molecule has 0 aliphatic rings. The molecule has 1 aromatic carbocycles. The molecular weight excluding hydrogens is 292 g/mol. The Bertz CT molecular complexity index is 636. The number of benzene rings is 1. The zero-order chi connectivity index (χ0) is 17.8. The van der Waals surface area contributed by atoms with Crippen LogP contribution in [0.4, 0.5) is 0 Å². The van der Waals surface area contributed by atoms with Crippen molar-refractivity contribution in [1.29, 1.82) is 5.26 Å². The fraction of sp³-hybridized carbons (Fsp3) is 0.500. The monoisotopic (exact) mass is 316 g/mol. The van der Waals surface area contributed by atoms with Gasteiger partial charge in [-0.2, -0.15) is 5.26 Å². The number of hydrogen-bond acceptors (Lipinski definition) is 4. The lowest BCUT2D eigenvalue weighted by atomic mass is 9.90. The van der Waals surface area contributed by atoms with E-state index in [1.165, 1.54) is 0 Å². The predicted molar refractivity (Wildman–Crippen MR) is 87.9 cm³/mol. The number of ether oxygens (including phenoxy) is 1. The molecule has 0 aliphatic heterocycles. The molecule has 0 saturated heterocycles. The molecule has 0 radical (unpaired) electrons. The molecule has 0 unspecified atom stereocenters. The van der Waals surface area contributed by atoms with Gasteiger partial charge in [0.05, 0.1) is 11.6 Å². The number of carbonyl (C=O) groups is 2. The largest absolute Gasteiger partial charge is 0.452 e. The van der Waals surface area contributed by atoms with Crippen LogP contribution < -0.4 is 5.32 Å². The van der Waals surface area contributed by atoms with E-state index in [9.17, 15) is 14.9 Å². The molecule has 23 heavy (non-hydrogen) atoms. The molecule has 0 spiro atoms. The maximum absolute atomic E-state index is 12.2. The van der Waals surface area contributed by atoms with E-state index in [1.807, 2.05) is 46.8 Å². The van der Waals surface area contributed by atoms with Crippen molar-refractivity contribution in [3.63, 3.8) is 0 Å². The molecule has 1 N–H and O–H groups in total. The summed E-state index contributed by atoms with van der Waals surface area (Å²) in [5.41, 5.74) is 2.19. The normalized spacial score (nSPS) is 13.1. The van der Waals surface area contributed by atoms with Crippen LogP contribution in [0.25, 0.3) is 0 Å². The molecule has 0 aliphatic carbocycles. The Morgan fingerprint density at radius 3 is 2.22 bits per heavy atom. The van der Waals surface area contributed by atoms with Crippen molar-refractivity contribution in [3.8, 4) is 6.07 Å². The predicted octanol–water partition coefficient (Wildman–Crippen LogP) is 2.82. The summed E-state index contributed by atoms with van der Waals surface area (Å²) in [4.78, 5) is 24.1. The molecule has 0 fully saturated rings. The minimum atomic E-state index is -0.987. The van der Waals surface area contributed by atoms with Crippen molar-refractivity contribution in [2.75, 3.05) is 6.61 Å². The first-order chi connectivity index (χ1) is 10.6. The maximum Gasteiger partial charge on any atom is 0.339 e. The van der Waals surface area contributed by atoms with E-state index in [2.05, 4.69) is 11.4 Å². The lowest BCUT2D eigenvalue weighted by Gasteiger charge is -2.27. The highest BCUT2D eigenvalue weighted by atomic mass is 16.5. The Balaban J connectivity index is 2.75. The van der Waals surface area contributed by atoms with E-state index < -0.39 is 24.0 Å². The average Bonchev–Trinajstić information content (AvgIpc) is 2.43. The van der Waals surface area contributed by atoms with Gasteiger partial charge in [0.25, 0.3) is 5.91 Å². The Morgan fingerprint density at radius 2 is 1.78 bits per heavy atom. The van der Waals surface area contributed by atoms with Crippen molar-refractivity contribution in [2.24, 2.45) is 5.92 Å². The van der Waals surface area contributed by atoms with Crippen molar-refractivity contribution < 1.29 is 14.3 Å². The summed E-state index contributed by atoms with van der Waals surface area (Å²) in [6.07, 6.45) is 0. The van der Waals surface area contributed by atoms with Crippen LogP contribution in [0.2, 0.25) is 0 Å². The maximum atomic E-state index is 12.2. The molecule has 0 bridgehead atoms. The molecule has 0 heterocycles. The molecule has 5 heteroatoms. The van der Waals surface area contributed by atoms with E-state index in [0.717, 1.165) is 16.7 Å². The number of aryl methyl sites for hydroxylation is 3. The molecule has 1 atom stereocenters.